The van der Waals surface area contributed by atoms with E-state index in [1.807, 2.05) is 20.8 Å². The minimum absolute atomic E-state index is 0.0660. The Hall–Kier alpha value is -0.770. The van der Waals surface area contributed by atoms with E-state index in [1.165, 1.54) is 0 Å². The lowest BCUT2D eigenvalue weighted by molar-refractivity contribution is 0.0136. The zero-order valence-electron chi connectivity index (χ0n) is 11.7. The molecule has 2 atom stereocenters. The van der Waals surface area contributed by atoms with Crippen LogP contribution in [0.3, 0.4) is 0 Å². The van der Waals surface area contributed by atoms with Crippen molar-refractivity contribution >= 4 is 6.09 Å². The Balaban J connectivity index is 2.52. The Bertz CT molecular complexity index is 271. The number of hydrogen-bond donors (Lipinski definition) is 1. The van der Waals surface area contributed by atoms with Crippen LogP contribution in [0.4, 0.5) is 4.79 Å². The van der Waals surface area contributed by atoms with Crippen LogP contribution < -0.4 is 5.73 Å². The van der Waals surface area contributed by atoms with Crippen molar-refractivity contribution in [3.05, 3.63) is 0 Å². The second kappa shape index (κ2) is 5.25. The van der Waals surface area contributed by atoms with Crippen molar-refractivity contribution in [3.8, 4) is 0 Å². The molecule has 4 nitrogen and oxygen atoms in total. The second-order valence-corrected chi connectivity index (χ2v) is 6.29. The summed E-state index contributed by atoms with van der Waals surface area (Å²) in [5.74, 6) is 1.08. The van der Waals surface area contributed by atoms with E-state index >= 15 is 0 Å². The van der Waals surface area contributed by atoms with E-state index in [9.17, 15) is 4.79 Å². The predicted octanol–water partition coefficient (Wildman–Crippen LogP) is 2.23. The fraction of sp³-hybridized carbons (Fsp3) is 0.923. The first kappa shape index (κ1) is 14.3. The highest BCUT2D eigenvalue weighted by Gasteiger charge is 2.32. The smallest absolute Gasteiger partial charge is 0.410 e. The molecule has 0 bridgehead atoms. The van der Waals surface area contributed by atoms with E-state index in [-0.39, 0.29) is 12.1 Å². The molecule has 1 aliphatic heterocycles. The number of nitrogens with two attached hydrogens (primary N) is 1. The fourth-order valence-corrected chi connectivity index (χ4v) is 2.32. The van der Waals surface area contributed by atoms with E-state index in [0.717, 1.165) is 13.0 Å². The normalized spacial score (nSPS) is 26.2. The number of carbonyl (C=O) groups excluding carboxylic acids is 1. The number of ether oxygens (including phenoxy) is 1. The zero-order chi connectivity index (χ0) is 13.2. The Morgan fingerprint density at radius 2 is 2.00 bits per heavy atom. The summed E-state index contributed by atoms with van der Waals surface area (Å²) >= 11 is 0. The van der Waals surface area contributed by atoms with Crippen LogP contribution in [0.5, 0.6) is 0 Å². The van der Waals surface area contributed by atoms with Crippen LogP contribution in [0.15, 0.2) is 0 Å². The lowest BCUT2D eigenvalue weighted by atomic mass is 9.83. The number of piperidine rings is 1. The lowest BCUT2D eigenvalue weighted by Crippen LogP contribution is -2.52. The topological polar surface area (TPSA) is 55.6 Å². The second-order valence-electron chi connectivity index (χ2n) is 6.29. The van der Waals surface area contributed by atoms with Crippen LogP contribution in [0, 0.1) is 11.8 Å². The summed E-state index contributed by atoms with van der Waals surface area (Å²) in [5.41, 5.74) is 5.69. The van der Waals surface area contributed by atoms with Crippen LogP contribution in [0.25, 0.3) is 0 Å². The van der Waals surface area contributed by atoms with E-state index in [0.29, 0.717) is 18.4 Å². The molecule has 1 rings (SSSR count). The molecule has 0 aliphatic carbocycles. The first-order valence-corrected chi connectivity index (χ1v) is 6.44. The van der Waals surface area contributed by atoms with Crippen molar-refractivity contribution in [2.75, 3.05) is 13.1 Å². The number of likely N-dealkylation sites (tertiary alicyclic amines) is 1. The quantitative estimate of drug-likeness (QED) is 0.767. The van der Waals surface area contributed by atoms with Crippen LogP contribution in [0.2, 0.25) is 0 Å². The van der Waals surface area contributed by atoms with Crippen LogP contribution in [0.1, 0.15) is 41.0 Å². The Kier molecular flexibility index (Phi) is 4.42. The molecule has 0 aromatic heterocycles. The minimum Gasteiger partial charge on any atom is -0.444 e. The monoisotopic (exact) mass is 242 g/mol. The van der Waals surface area contributed by atoms with Gasteiger partial charge >= 0.3 is 6.09 Å². The third kappa shape index (κ3) is 4.19. The minimum atomic E-state index is -0.434. The Morgan fingerprint density at radius 1 is 1.41 bits per heavy atom. The van der Waals surface area contributed by atoms with Gasteiger partial charge in [-0.3, -0.25) is 0 Å². The van der Waals surface area contributed by atoms with Crippen LogP contribution in [-0.2, 0) is 4.74 Å². The number of nitrogens with zero attached hydrogens (tertiary/aromatic N) is 1. The van der Waals surface area contributed by atoms with Crippen molar-refractivity contribution in [1.82, 2.24) is 4.90 Å². The third-order valence-electron chi connectivity index (χ3n) is 3.22. The van der Waals surface area contributed by atoms with Gasteiger partial charge < -0.3 is 15.4 Å². The third-order valence-corrected chi connectivity index (χ3v) is 3.22. The highest BCUT2D eigenvalue weighted by atomic mass is 16.6. The molecule has 0 aromatic carbocycles. The van der Waals surface area contributed by atoms with Gasteiger partial charge in [-0.25, -0.2) is 4.79 Å². The summed E-state index contributed by atoms with van der Waals surface area (Å²) in [6.07, 6.45) is 0.730. The van der Waals surface area contributed by atoms with Crippen LogP contribution >= 0.6 is 0 Å². The number of carbonyl (C=O) groups is 1. The largest absolute Gasteiger partial charge is 0.444 e. The number of rotatable bonds is 1. The average Bonchev–Trinajstić information content (AvgIpc) is 2.14. The molecule has 0 unspecified atom stereocenters. The zero-order valence-corrected chi connectivity index (χ0v) is 11.7. The van der Waals surface area contributed by atoms with Gasteiger partial charge in [0.25, 0.3) is 0 Å². The van der Waals surface area contributed by atoms with Gasteiger partial charge in [-0.2, -0.15) is 0 Å². The van der Waals surface area contributed by atoms with E-state index in [4.69, 9.17) is 10.5 Å². The highest BCUT2D eigenvalue weighted by Crippen LogP contribution is 2.24. The molecule has 0 spiro atoms. The number of hydrogen-bond acceptors (Lipinski definition) is 3. The Morgan fingerprint density at radius 3 is 2.41 bits per heavy atom. The number of amides is 1. The molecule has 0 radical (unpaired) electrons. The van der Waals surface area contributed by atoms with Crippen molar-refractivity contribution in [2.24, 2.45) is 17.6 Å². The molecule has 1 heterocycles. The van der Waals surface area contributed by atoms with Crippen molar-refractivity contribution in [2.45, 2.75) is 52.7 Å². The molecular formula is C13H26N2O2. The first-order chi connectivity index (χ1) is 7.70. The molecule has 0 aromatic rings. The summed E-state index contributed by atoms with van der Waals surface area (Å²) < 4.78 is 5.35. The fourth-order valence-electron chi connectivity index (χ4n) is 2.32. The van der Waals surface area contributed by atoms with Crippen LogP contribution in [-0.4, -0.2) is 35.7 Å². The maximum Gasteiger partial charge on any atom is 0.410 e. The summed E-state index contributed by atoms with van der Waals surface area (Å²) in [6, 6.07) is 0.0660. The molecule has 0 saturated carbocycles. The SMILES string of the molecule is CC(C)[C@@H]1CCN(C(=O)OC(C)(C)C)C[C@H]1N. The molecule has 1 saturated heterocycles. The average molecular weight is 242 g/mol. The molecule has 1 amide bonds. The molecule has 4 heteroatoms. The van der Waals surface area contributed by atoms with Gasteiger partial charge in [0.05, 0.1) is 0 Å². The predicted molar refractivity (Wildman–Crippen MR) is 68.7 cm³/mol. The van der Waals surface area contributed by atoms with Gasteiger partial charge in [0.2, 0.25) is 0 Å². The summed E-state index contributed by atoms with van der Waals surface area (Å²) in [7, 11) is 0. The molecule has 17 heavy (non-hydrogen) atoms. The Labute approximate surface area is 104 Å². The van der Waals surface area contributed by atoms with Gasteiger partial charge in [-0.15, -0.1) is 0 Å². The molecule has 1 aliphatic rings. The van der Waals surface area contributed by atoms with Crippen molar-refractivity contribution < 1.29 is 9.53 Å². The standard InChI is InChI=1S/C13H26N2O2/c1-9(2)10-6-7-15(8-11(10)14)12(16)17-13(3,4)5/h9-11H,6-8,14H2,1-5H3/t10-,11+/m0/s1. The maximum atomic E-state index is 11.9. The highest BCUT2D eigenvalue weighted by molar-refractivity contribution is 5.68. The van der Waals surface area contributed by atoms with Gasteiger partial charge in [0.1, 0.15) is 5.60 Å². The van der Waals surface area contributed by atoms with Gasteiger partial charge in [-0.1, -0.05) is 13.8 Å². The maximum absolute atomic E-state index is 11.9. The molecule has 2 N–H and O–H groups in total. The summed E-state index contributed by atoms with van der Waals surface area (Å²) in [4.78, 5) is 13.6. The first-order valence-electron chi connectivity index (χ1n) is 6.44. The van der Waals surface area contributed by atoms with Crippen molar-refractivity contribution in [3.63, 3.8) is 0 Å². The van der Waals surface area contributed by atoms with Crippen molar-refractivity contribution in [1.29, 1.82) is 0 Å². The van der Waals surface area contributed by atoms with Gasteiger partial charge in [0, 0.05) is 19.1 Å². The molecular weight excluding hydrogens is 216 g/mol. The molecule has 1 fully saturated rings. The molecule has 100 valence electrons. The summed E-state index contributed by atoms with van der Waals surface area (Å²) in [6.45, 7) is 11.4. The van der Waals surface area contributed by atoms with Gasteiger partial charge in [-0.05, 0) is 39.0 Å². The summed E-state index contributed by atoms with van der Waals surface area (Å²) in [5, 5.41) is 0. The lowest BCUT2D eigenvalue weighted by Gasteiger charge is -2.39. The van der Waals surface area contributed by atoms with E-state index < -0.39 is 5.60 Å². The van der Waals surface area contributed by atoms with E-state index in [2.05, 4.69) is 13.8 Å². The van der Waals surface area contributed by atoms with Gasteiger partial charge in [0.15, 0.2) is 0 Å². The van der Waals surface area contributed by atoms with E-state index in [1.54, 1.807) is 4.90 Å².